The van der Waals surface area contributed by atoms with Crippen molar-refractivity contribution in [1.29, 1.82) is 0 Å². The molecule has 1 aliphatic rings. The van der Waals surface area contributed by atoms with Crippen LogP contribution in [0.5, 0.6) is 5.75 Å². The molecule has 3 nitrogen and oxygen atoms in total. The maximum absolute atomic E-state index is 5.89. The second kappa shape index (κ2) is 8.50. The van der Waals surface area contributed by atoms with Gasteiger partial charge in [0, 0.05) is 32.7 Å². The van der Waals surface area contributed by atoms with Crippen LogP contribution in [0.15, 0.2) is 18.2 Å². The van der Waals surface area contributed by atoms with Crippen molar-refractivity contribution in [3.8, 4) is 5.75 Å². The summed E-state index contributed by atoms with van der Waals surface area (Å²) in [5.41, 5.74) is 2.52. The monoisotopic (exact) mass is 298 g/mol. The molecular weight excluding hydrogens is 272 g/mol. The molecule has 0 saturated carbocycles. The number of nitrogens with zero attached hydrogens (tertiary/aromatic N) is 2. The van der Waals surface area contributed by atoms with Gasteiger partial charge >= 0.3 is 0 Å². The Kier molecular flexibility index (Phi) is 7.35. The summed E-state index contributed by atoms with van der Waals surface area (Å²) in [6.45, 7) is 14.2. The minimum atomic E-state index is 0. The van der Waals surface area contributed by atoms with Crippen molar-refractivity contribution in [3.63, 3.8) is 0 Å². The van der Waals surface area contributed by atoms with Crippen molar-refractivity contribution in [2.75, 3.05) is 45.9 Å². The standard InChI is InChI=1S/C16H26N2O.ClH/c1-4-17-7-9-18(10-8-17)11-12-19-16-6-5-14(2)13-15(16)3;/h5-6,13H,4,7-12H2,1-3H3;1H. The topological polar surface area (TPSA) is 15.7 Å². The first-order valence-corrected chi connectivity index (χ1v) is 7.34. The van der Waals surface area contributed by atoms with Gasteiger partial charge in [0.25, 0.3) is 0 Å². The van der Waals surface area contributed by atoms with E-state index in [0.717, 1.165) is 18.9 Å². The summed E-state index contributed by atoms with van der Waals surface area (Å²) in [4.78, 5) is 5.00. The van der Waals surface area contributed by atoms with Crippen molar-refractivity contribution < 1.29 is 4.74 Å². The van der Waals surface area contributed by atoms with Gasteiger partial charge in [-0.15, -0.1) is 12.4 Å². The van der Waals surface area contributed by atoms with Gasteiger partial charge < -0.3 is 9.64 Å². The van der Waals surface area contributed by atoms with Gasteiger partial charge in [-0.1, -0.05) is 24.6 Å². The Morgan fingerprint density at radius 3 is 2.30 bits per heavy atom. The van der Waals surface area contributed by atoms with E-state index in [2.05, 4.69) is 48.8 Å². The van der Waals surface area contributed by atoms with E-state index in [4.69, 9.17) is 4.74 Å². The lowest BCUT2D eigenvalue weighted by molar-refractivity contribution is 0.120. The lowest BCUT2D eigenvalue weighted by atomic mass is 10.1. The molecule has 1 fully saturated rings. The predicted molar refractivity (Wildman–Crippen MR) is 87.2 cm³/mol. The molecule has 0 bridgehead atoms. The van der Waals surface area contributed by atoms with E-state index < -0.39 is 0 Å². The third-order valence-corrected chi connectivity index (χ3v) is 3.91. The summed E-state index contributed by atoms with van der Waals surface area (Å²) in [6.07, 6.45) is 0. The molecule has 20 heavy (non-hydrogen) atoms. The Morgan fingerprint density at radius 1 is 1.05 bits per heavy atom. The minimum absolute atomic E-state index is 0. The average molecular weight is 299 g/mol. The lowest BCUT2D eigenvalue weighted by Crippen LogP contribution is -2.47. The fourth-order valence-corrected chi connectivity index (χ4v) is 2.58. The molecule has 4 heteroatoms. The molecule has 2 rings (SSSR count). The van der Waals surface area contributed by atoms with Crippen LogP contribution in [0.3, 0.4) is 0 Å². The zero-order chi connectivity index (χ0) is 13.7. The van der Waals surface area contributed by atoms with Crippen LogP contribution in [0.25, 0.3) is 0 Å². The van der Waals surface area contributed by atoms with Gasteiger partial charge in [0.05, 0.1) is 0 Å². The van der Waals surface area contributed by atoms with Crippen LogP contribution in [0.2, 0.25) is 0 Å². The SMILES string of the molecule is CCN1CCN(CCOc2ccc(C)cc2C)CC1.Cl. The van der Waals surface area contributed by atoms with Gasteiger partial charge in [-0.3, -0.25) is 4.90 Å². The molecule has 0 aliphatic carbocycles. The van der Waals surface area contributed by atoms with Crippen molar-refractivity contribution in [1.82, 2.24) is 9.80 Å². The summed E-state index contributed by atoms with van der Waals surface area (Å²) in [5.74, 6) is 1.03. The van der Waals surface area contributed by atoms with Crippen LogP contribution in [-0.4, -0.2) is 55.7 Å². The van der Waals surface area contributed by atoms with Gasteiger partial charge in [-0.2, -0.15) is 0 Å². The van der Waals surface area contributed by atoms with Crippen molar-refractivity contribution >= 4 is 12.4 Å². The molecule has 0 atom stereocenters. The Hall–Kier alpha value is -0.770. The van der Waals surface area contributed by atoms with Gasteiger partial charge in [0.1, 0.15) is 12.4 Å². The number of halogens is 1. The number of rotatable bonds is 5. The molecule has 114 valence electrons. The molecule has 0 amide bonds. The molecule has 1 saturated heterocycles. The third-order valence-electron chi connectivity index (χ3n) is 3.91. The first kappa shape index (κ1) is 17.3. The minimum Gasteiger partial charge on any atom is -0.492 e. The Morgan fingerprint density at radius 2 is 1.70 bits per heavy atom. The summed E-state index contributed by atoms with van der Waals surface area (Å²) in [7, 11) is 0. The normalized spacial score (nSPS) is 16.8. The van der Waals surface area contributed by atoms with E-state index in [9.17, 15) is 0 Å². The Labute approximate surface area is 129 Å². The fourth-order valence-electron chi connectivity index (χ4n) is 2.58. The Bertz CT molecular complexity index is 403. The number of likely N-dealkylation sites (N-methyl/N-ethyl adjacent to an activating group) is 1. The highest BCUT2D eigenvalue weighted by molar-refractivity contribution is 5.85. The maximum atomic E-state index is 5.89. The second-order valence-electron chi connectivity index (χ2n) is 5.39. The summed E-state index contributed by atoms with van der Waals surface area (Å²) < 4.78 is 5.89. The molecule has 0 spiro atoms. The first-order chi connectivity index (χ1) is 9.19. The van der Waals surface area contributed by atoms with Crippen LogP contribution in [0, 0.1) is 13.8 Å². The molecular formula is C16H27ClN2O. The molecule has 0 radical (unpaired) electrons. The van der Waals surface area contributed by atoms with Crippen molar-refractivity contribution in [2.24, 2.45) is 0 Å². The number of piperazine rings is 1. The number of hydrogen-bond donors (Lipinski definition) is 0. The molecule has 0 N–H and O–H groups in total. The van der Waals surface area contributed by atoms with E-state index in [1.54, 1.807) is 0 Å². The van der Waals surface area contributed by atoms with E-state index >= 15 is 0 Å². The van der Waals surface area contributed by atoms with E-state index in [1.165, 1.54) is 43.9 Å². The number of aryl methyl sites for hydroxylation is 2. The van der Waals surface area contributed by atoms with Gasteiger partial charge in [-0.05, 0) is 32.0 Å². The van der Waals surface area contributed by atoms with Gasteiger partial charge in [0.2, 0.25) is 0 Å². The molecule has 1 aliphatic heterocycles. The number of hydrogen-bond acceptors (Lipinski definition) is 3. The van der Waals surface area contributed by atoms with Crippen LogP contribution < -0.4 is 4.74 Å². The molecule has 1 aromatic rings. The number of ether oxygens (including phenoxy) is 1. The van der Waals surface area contributed by atoms with E-state index in [0.29, 0.717) is 0 Å². The quantitative estimate of drug-likeness (QED) is 0.831. The zero-order valence-corrected chi connectivity index (χ0v) is 13.7. The maximum Gasteiger partial charge on any atom is 0.122 e. The van der Waals surface area contributed by atoms with Gasteiger partial charge in [-0.25, -0.2) is 0 Å². The summed E-state index contributed by atoms with van der Waals surface area (Å²) in [6, 6.07) is 6.37. The lowest BCUT2D eigenvalue weighted by Gasteiger charge is -2.33. The van der Waals surface area contributed by atoms with E-state index in [-0.39, 0.29) is 12.4 Å². The predicted octanol–water partition coefficient (Wildman–Crippen LogP) is 2.74. The number of benzene rings is 1. The zero-order valence-electron chi connectivity index (χ0n) is 12.9. The van der Waals surface area contributed by atoms with Crippen molar-refractivity contribution in [3.05, 3.63) is 29.3 Å². The highest BCUT2D eigenvalue weighted by atomic mass is 35.5. The molecule has 0 unspecified atom stereocenters. The van der Waals surface area contributed by atoms with E-state index in [1.807, 2.05) is 0 Å². The smallest absolute Gasteiger partial charge is 0.122 e. The molecule has 0 aromatic heterocycles. The fraction of sp³-hybridized carbons (Fsp3) is 0.625. The van der Waals surface area contributed by atoms with Gasteiger partial charge in [0.15, 0.2) is 0 Å². The average Bonchev–Trinajstić information content (AvgIpc) is 2.42. The van der Waals surface area contributed by atoms with Crippen LogP contribution in [0.1, 0.15) is 18.1 Å². The van der Waals surface area contributed by atoms with Crippen LogP contribution >= 0.6 is 12.4 Å². The summed E-state index contributed by atoms with van der Waals surface area (Å²) >= 11 is 0. The molecule has 1 aromatic carbocycles. The second-order valence-corrected chi connectivity index (χ2v) is 5.39. The highest BCUT2D eigenvalue weighted by Gasteiger charge is 2.14. The summed E-state index contributed by atoms with van der Waals surface area (Å²) in [5, 5.41) is 0. The third kappa shape index (κ3) is 4.97. The van der Waals surface area contributed by atoms with Crippen LogP contribution in [0.4, 0.5) is 0 Å². The largest absolute Gasteiger partial charge is 0.492 e. The van der Waals surface area contributed by atoms with Crippen molar-refractivity contribution in [2.45, 2.75) is 20.8 Å². The highest BCUT2D eigenvalue weighted by Crippen LogP contribution is 2.18. The van der Waals surface area contributed by atoms with Crippen LogP contribution in [-0.2, 0) is 0 Å². The first-order valence-electron chi connectivity index (χ1n) is 7.34. The Balaban J connectivity index is 0.00000200. The molecule has 1 heterocycles.